The highest BCUT2D eigenvalue weighted by Gasteiger charge is 2.45. The minimum Gasteiger partial charge on any atom is -0.460 e. The summed E-state index contributed by atoms with van der Waals surface area (Å²) in [6.45, 7) is 1.63. The lowest BCUT2D eigenvalue weighted by molar-refractivity contribution is 0.0469. The molecule has 1 aliphatic rings. The van der Waals surface area contributed by atoms with E-state index in [4.69, 9.17) is 9.15 Å². The Morgan fingerprint density at radius 3 is 2.56 bits per heavy atom. The van der Waals surface area contributed by atoms with Gasteiger partial charge in [-0.05, 0) is 18.1 Å². The third-order valence-corrected chi connectivity index (χ3v) is 5.06. The van der Waals surface area contributed by atoms with Crippen LogP contribution in [0.5, 0.6) is 0 Å². The van der Waals surface area contributed by atoms with Gasteiger partial charge in [-0.15, -0.1) is 0 Å². The summed E-state index contributed by atoms with van der Waals surface area (Å²) in [7, 11) is 0. The van der Waals surface area contributed by atoms with E-state index in [0.29, 0.717) is 16.7 Å². The first-order valence-corrected chi connectivity index (χ1v) is 8.64. The second-order valence-corrected chi connectivity index (χ2v) is 6.78. The number of carbonyl (C=O) groups is 2. The number of aliphatic hydroxyl groups is 1. The molecule has 1 atom stereocenters. The summed E-state index contributed by atoms with van der Waals surface area (Å²) >= 11 is 0. The Balaban J connectivity index is 1.73. The Kier molecular flexibility index (Phi) is 4.16. The summed E-state index contributed by atoms with van der Waals surface area (Å²) in [5.74, 6) is -0.804. The highest BCUT2D eigenvalue weighted by atomic mass is 16.5. The molecule has 0 amide bonds. The molecule has 4 rings (SSSR count). The summed E-state index contributed by atoms with van der Waals surface area (Å²) in [5.41, 5.74) is 1.61. The number of benzene rings is 2. The second kappa shape index (κ2) is 6.52. The maximum atomic E-state index is 12.8. The first-order valence-electron chi connectivity index (χ1n) is 8.64. The molecule has 27 heavy (non-hydrogen) atoms. The van der Waals surface area contributed by atoms with Crippen molar-refractivity contribution in [2.24, 2.45) is 0 Å². The molecule has 136 valence electrons. The fraction of sp³-hybridized carbons (Fsp3) is 0.182. The van der Waals surface area contributed by atoms with E-state index in [9.17, 15) is 14.7 Å². The highest BCUT2D eigenvalue weighted by molar-refractivity contribution is 6.13. The molecule has 0 radical (unpaired) electrons. The van der Waals surface area contributed by atoms with E-state index >= 15 is 0 Å². The predicted molar refractivity (Wildman–Crippen MR) is 97.7 cm³/mol. The zero-order valence-corrected chi connectivity index (χ0v) is 14.8. The fourth-order valence-corrected chi connectivity index (χ4v) is 3.61. The van der Waals surface area contributed by atoms with Crippen molar-refractivity contribution in [1.29, 1.82) is 0 Å². The van der Waals surface area contributed by atoms with Gasteiger partial charge in [-0.25, -0.2) is 4.79 Å². The van der Waals surface area contributed by atoms with E-state index in [0.717, 1.165) is 5.56 Å². The van der Waals surface area contributed by atoms with Gasteiger partial charge in [0.05, 0.1) is 6.61 Å². The van der Waals surface area contributed by atoms with Crippen LogP contribution in [0.2, 0.25) is 0 Å². The van der Waals surface area contributed by atoms with Crippen molar-refractivity contribution in [2.75, 3.05) is 6.61 Å². The largest absolute Gasteiger partial charge is 0.460 e. The molecule has 1 heterocycles. The Morgan fingerprint density at radius 1 is 1.11 bits per heavy atom. The smallest absolute Gasteiger partial charge is 0.342 e. The minimum absolute atomic E-state index is 0.0805. The normalized spacial score (nSPS) is 17.9. The van der Waals surface area contributed by atoms with Crippen molar-refractivity contribution >= 4 is 11.8 Å². The quantitative estimate of drug-likeness (QED) is 0.719. The van der Waals surface area contributed by atoms with Crippen LogP contribution in [0.4, 0.5) is 0 Å². The second-order valence-electron chi connectivity index (χ2n) is 6.78. The molecule has 0 unspecified atom stereocenters. The number of carbonyl (C=O) groups excluding carboxylic acids is 2. The van der Waals surface area contributed by atoms with E-state index in [-0.39, 0.29) is 30.3 Å². The molecular formula is C22H18O5. The van der Waals surface area contributed by atoms with E-state index in [1.54, 1.807) is 31.2 Å². The van der Waals surface area contributed by atoms with E-state index in [1.165, 1.54) is 6.26 Å². The molecule has 0 spiro atoms. The third-order valence-electron chi connectivity index (χ3n) is 5.06. The average Bonchev–Trinajstić information content (AvgIpc) is 3.17. The van der Waals surface area contributed by atoms with Gasteiger partial charge in [-0.1, -0.05) is 54.6 Å². The third kappa shape index (κ3) is 2.67. The molecule has 0 aliphatic heterocycles. The van der Waals surface area contributed by atoms with E-state index in [1.807, 2.05) is 30.3 Å². The van der Waals surface area contributed by atoms with Crippen molar-refractivity contribution in [3.8, 4) is 0 Å². The van der Waals surface area contributed by atoms with Gasteiger partial charge in [0.1, 0.15) is 18.4 Å². The maximum absolute atomic E-state index is 12.8. The van der Waals surface area contributed by atoms with Gasteiger partial charge in [-0.3, -0.25) is 4.79 Å². The van der Waals surface area contributed by atoms with Crippen LogP contribution in [0, 0.1) is 0 Å². The lowest BCUT2D eigenvalue weighted by Gasteiger charge is -2.33. The predicted octanol–water partition coefficient (Wildman–Crippen LogP) is 3.48. The van der Waals surface area contributed by atoms with Crippen molar-refractivity contribution in [2.45, 2.75) is 18.9 Å². The number of ketones is 1. The summed E-state index contributed by atoms with van der Waals surface area (Å²) in [6.07, 6.45) is 1.25. The van der Waals surface area contributed by atoms with Gasteiger partial charge in [0.2, 0.25) is 5.78 Å². The highest BCUT2D eigenvalue weighted by Crippen LogP contribution is 2.43. The van der Waals surface area contributed by atoms with Crippen LogP contribution < -0.4 is 0 Å². The molecular weight excluding hydrogens is 344 g/mol. The standard InChI is InChI=1S/C22H18O5/c1-22(13-23)17-10-6-5-9-15(17)19(24)20-18(22)16(12-26-20)21(25)27-11-14-7-3-2-4-8-14/h2-10,12,23H,11,13H2,1H3/t22-/m1/s1. The van der Waals surface area contributed by atoms with Crippen molar-refractivity contribution in [3.63, 3.8) is 0 Å². The zero-order chi connectivity index (χ0) is 19.0. The SMILES string of the molecule is C[C@@]1(CO)c2ccccc2C(=O)c2occ(C(=O)OCc3ccccc3)c21. The maximum Gasteiger partial charge on any atom is 0.342 e. The Morgan fingerprint density at radius 2 is 1.81 bits per heavy atom. The van der Waals surface area contributed by atoms with Crippen LogP contribution in [0.3, 0.4) is 0 Å². The van der Waals surface area contributed by atoms with Gasteiger partial charge in [0.25, 0.3) is 0 Å². The Bertz CT molecular complexity index is 1020. The monoisotopic (exact) mass is 362 g/mol. The number of ether oxygens (including phenoxy) is 1. The zero-order valence-electron chi connectivity index (χ0n) is 14.8. The van der Waals surface area contributed by atoms with Crippen LogP contribution in [0.15, 0.2) is 65.3 Å². The summed E-state index contributed by atoms with van der Waals surface area (Å²) in [5, 5.41) is 10.2. The molecule has 0 saturated heterocycles. The van der Waals surface area contributed by atoms with Gasteiger partial charge in [-0.2, -0.15) is 0 Å². The molecule has 5 heteroatoms. The van der Waals surface area contributed by atoms with Crippen LogP contribution in [-0.4, -0.2) is 23.5 Å². The molecule has 1 N–H and O–H groups in total. The number of hydrogen-bond donors (Lipinski definition) is 1. The lowest BCUT2D eigenvalue weighted by atomic mass is 9.69. The van der Waals surface area contributed by atoms with Crippen molar-refractivity contribution in [3.05, 3.63) is 94.4 Å². The summed E-state index contributed by atoms with van der Waals surface area (Å²) in [6, 6.07) is 16.4. The fourth-order valence-electron chi connectivity index (χ4n) is 3.61. The molecule has 5 nitrogen and oxygen atoms in total. The number of esters is 1. The van der Waals surface area contributed by atoms with Crippen molar-refractivity contribution in [1.82, 2.24) is 0 Å². The molecule has 1 aromatic heterocycles. The molecule has 3 aromatic rings. The van der Waals surface area contributed by atoms with Crippen LogP contribution in [-0.2, 0) is 16.8 Å². The lowest BCUT2D eigenvalue weighted by Crippen LogP contribution is -2.37. The Labute approximate surface area is 156 Å². The van der Waals surface area contributed by atoms with Gasteiger partial charge in [0.15, 0.2) is 5.76 Å². The van der Waals surface area contributed by atoms with Gasteiger partial charge in [0, 0.05) is 16.5 Å². The number of fused-ring (bicyclic) bond motifs is 2. The van der Waals surface area contributed by atoms with Gasteiger partial charge < -0.3 is 14.3 Å². The van der Waals surface area contributed by atoms with Crippen LogP contribution in [0.1, 0.15) is 50.1 Å². The van der Waals surface area contributed by atoms with Crippen molar-refractivity contribution < 1.29 is 23.8 Å². The molecule has 2 aromatic carbocycles. The van der Waals surface area contributed by atoms with Crippen LogP contribution in [0.25, 0.3) is 0 Å². The van der Waals surface area contributed by atoms with E-state index in [2.05, 4.69) is 0 Å². The van der Waals surface area contributed by atoms with Gasteiger partial charge >= 0.3 is 5.97 Å². The number of furan rings is 1. The topological polar surface area (TPSA) is 76.7 Å². The molecule has 0 saturated carbocycles. The molecule has 0 bridgehead atoms. The molecule has 1 aliphatic carbocycles. The first kappa shape index (κ1) is 17.2. The number of aliphatic hydroxyl groups excluding tert-OH is 1. The summed E-state index contributed by atoms with van der Waals surface area (Å²) in [4.78, 5) is 25.5. The van der Waals surface area contributed by atoms with Crippen LogP contribution >= 0.6 is 0 Å². The molecule has 0 fully saturated rings. The first-order chi connectivity index (χ1) is 13.1. The van der Waals surface area contributed by atoms with E-state index < -0.39 is 11.4 Å². The summed E-state index contributed by atoms with van der Waals surface area (Å²) < 4.78 is 10.9. The number of rotatable bonds is 4. The average molecular weight is 362 g/mol. The number of hydrogen-bond acceptors (Lipinski definition) is 5. The Hall–Kier alpha value is -3.18. The minimum atomic E-state index is -0.937.